The van der Waals surface area contributed by atoms with Crippen LogP contribution in [0.4, 0.5) is 0 Å². The second-order valence-electron chi connectivity index (χ2n) is 5.54. The van der Waals surface area contributed by atoms with Crippen LogP contribution in [-0.4, -0.2) is 22.6 Å². The zero-order chi connectivity index (χ0) is 16.1. The van der Waals surface area contributed by atoms with Gasteiger partial charge in [-0.15, -0.1) is 10.2 Å². The zero-order valence-electron chi connectivity index (χ0n) is 12.7. The Morgan fingerprint density at radius 3 is 3.00 bits per heavy atom. The predicted molar refractivity (Wildman–Crippen MR) is 88.2 cm³/mol. The van der Waals surface area contributed by atoms with E-state index < -0.39 is 0 Å². The van der Waals surface area contributed by atoms with Gasteiger partial charge in [0.2, 0.25) is 5.89 Å². The Bertz CT molecular complexity index is 724. The van der Waals surface area contributed by atoms with E-state index in [2.05, 4.69) is 21.6 Å². The molecule has 6 heteroatoms. The van der Waals surface area contributed by atoms with Crippen molar-refractivity contribution in [3.63, 3.8) is 0 Å². The summed E-state index contributed by atoms with van der Waals surface area (Å²) in [6.07, 6.45) is 7.95. The molecule has 0 atom stereocenters. The summed E-state index contributed by atoms with van der Waals surface area (Å²) in [6, 6.07) is 7.07. The van der Waals surface area contributed by atoms with Crippen LogP contribution >= 0.6 is 11.6 Å². The van der Waals surface area contributed by atoms with Crippen LogP contribution in [0.5, 0.6) is 0 Å². The predicted octanol–water partition coefficient (Wildman–Crippen LogP) is 4.01. The van der Waals surface area contributed by atoms with Crippen molar-refractivity contribution in [2.75, 3.05) is 6.54 Å². The summed E-state index contributed by atoms with van der Waals surface area (Å²) in [5, 5.41) is 11.1. The fourth-order valence-corrected chi connectivity index (χ4v) is 2.79. The second kappa shape index (κ2) is 7.42. The van der Waals surface area contributed by atoms with Crippen molar-refractivity contribution >= 4 is 17.5 Å². The number of nitrogens with one attached hydrogen (secondary N) is 1. The highest BCUT2D eigenvalue weighted by Crippen LogP contribution is 2.22. The van der Waals surface area contributed by atoms with Crippen LogP contribution in [0.25, 0.3) is 11.5 Å². The van der Waals surface area contributed by atoms with Crippen molar-refractivity contribution in [3.05, 3.63) is 46.8 Å². The number of benzene rings is 1. The van der Waals surface area contributed by atoms with Crippen molar-refractivity contribution in [3.8, 4) is 11.5 Å². The molecule has 0 aliphatic heterocycles. The van der Waals surface area contributed by atoms with Crippen molar-refractivity contribution in [1.82, 2.24) is 15.5 Å². The highest BCUT2D eigenvalue weighted by molar-refractivity contribution is 6.30. The first-order valence-corrected chi connectivity index (χ1v) is 8.16. The van der Waals surface area contributed by atoms with Gasteiger partial charge in [-0.1, -0.05) is 29.3 Å². The number of nitrogens with zero attached hydrogens (tertiary/aromatic N) is 2. The Hall–Kier alpha value is -2.14. The molecule has 1 amide bonds. The molecular weight excluding hydrogens is 314 g/mol. The fourth-order valence-electron chi connectivity index (χ4n) is 2.60. The first-order chi connectivity index (χ1) is 11.2. The molecule has 1 heterocycles. The largest absolute Gasteiger partial charge is 0.412 e. The minimum Gasteiger partial charge on any atom is -0.412 e. The minimum absolute atomic E-state index is 0.0300. The van der Waals surface area contributed by atoms with Gasteiger partial charge in [-0.3, -0.25) is 4.79 Å². The number of carbonyl (C=O) groups is 1. The molecule has 0 saturated heterocycles. The standard InChI is InChI=1S/C17H18ClN3O2/c18-14-8-4-7-13(11-14)16-20-21-17(23-16)15(22)19-10-9-12-5-2-1-3-6-12/h4-5,7-8,11H,1-3,6,9-10H2,(H,19,22). The third kappa shape index (κ3) is 4.20. The Kier molecular flexibility index (Phi) is 5.08. The van der Waals surface area contributed by atoms with Gasteiger partial charge in [-0.2, -0.15) is 0 Å². The van der Waals surface area contributed by atoms with Crippen LogP contribution in [-0.2, 0) is 0 Å². The van der Waals surface area contributed by atoms with Gasteiger partial charge in [0.15, 0.2) is 0 Å². The summed E-state index contributed by atoms with van der Waals surface area (Å²) in [7, 11) is 0. The van der Waals surface area contributed by atoms with E-state index in [1.54, 1.807) is 24.3 Å². The van der Waals surface area contributed by atoms with Crippen molar-refractivity contribution in [2.45, 2.75) is 32.1 Å². The minimum atomic E-state index is -0.345. The fraction of sp³-hybridized carbons (Fsp3) is 0.353. The number of aromatic nitrogens is 2. The molecule has 0 radical (unpaired) electrons. The third-order valence-electron chi connectivity index (χ3n) is 3.81. The molecule has 1 aromatic heterocycles. The maximum Gasteiger partial charge on any atom is 0.308 e. The van der Waals surface area contributed by atoms with E-state index in [1.807, 2.05) is 0 Å². The molecule has 0 saturated carbocycles. The van der Waals surface area contributed by atoms with E-state index in [4.69, 9.17) is 16.0 Å². The third-order valence-corrected chi connectivity index (χ3v) is 4.04. The Morgan fingerprint density at radius 1 is 1.30 bits per heavy atom. The summed E-state index contributed by atoms with van der Waals surface area (Å²) in [6.45, 7) is 0.583. The zero-order valence-corrected chi connectivity index (χ0v) is 13.5. The second-order valence-corrected chi connectivity index (χ2v) is 5.97. The van der Waals surface area contributed by atoms with E-state index in [9.17, 15) is 4.79 Å². The van der Waals surface area contributed by atoms with Gasteiger partial charge in [0.25, 0.3) is 0 Å². The van der Waals surface area contributed by atoms with Crippen LogP contribution in [0.2, 0.25) is 5.02 Å². The lowest BCUT2D eigenvalue weighted by Crippen LogP contribution is -2.25. The molecule has 0 fully saturated rings. The quantitative estimate of drug-likeness (QED) is 0.840. The molecule has 120 valence electrons. The molecule has 2 aromatic rings. The van der Waals surface area contributed by atoms with Gasteiger partial charge < -0.3 is 9.73 Å². The topological polar surface area (TPSA) is 68.0 Å². The van der Waals surface area contributed by atoms with Gasteiger partial charge >= 0.3 is 11.8 Å². The van der Waals surface area contributed by atoms with E-state index in [1.165, 1.54) is 18.4 Å². The van der Waals surface area contributed by atoms with E-state index >= 15 is 0 Å². The maximum atomic E-state index is 12.0. The number of hydrogen-bond donors (Lipinski definition) is 1. The van der Waals surface area contributed by atoms with Crippen molar-refractivity contribution in [2.24, 2.45) is 0 Å². The normalized spacial score (nSPS) is 14.4. The molecule has 1 N–H and O–H groups in total. The van der Waals surface area contributed by atoms with Gasteiger partial charge in [0.05, 0.1) is 0 Å². The lowest BCUT2D eigenvalue weighted by atomic mass is 9.97. The lowest BCUT2D eigenvalue weighted by Gasteiger charge is -2.12. The van der Waals surface area contributed by atoms with Gasteiger partial charge in [-0.05, 0) is 50.3 Å². The SMILES string of the molecule is O=C(NCCC1=CCCCC1)c1nnc(-c2cccc(Cl)c2)o1. The molecule has 0 unspecified atom stereocenters. The first-order valence-electron chi connectivity index (χ1n) is 7.78. The molecule has 5 nitrogen and oxygen atoms in total. The van der Waals surface area contributed by atoms with Gasteiger partial charge in [-0.25, -0.2) is 0 Å². The number of hydrogen-bond acceptors (Lipinski definition) is 4. The number of rotatable bonds is 5. The molecule has 1 aliphatic carbocycles. The Labute approximate surface area is 139 Å². The monoisotopic (exact) mass is 331 g/mol. The average Bonchev–Trinajstić information content (AvgIpc) is 3.06. The lowest BCUT2D eigenvalue weighted by molar-refractivity contribution is 0.0920. The molecule has 0 spiro atoms. The molecule has 0 bridgehead atoms. The van der Waals surface area contributed by atoms with Crippen LogP contribution in [0.15, 0.2) is 40.3 Å². The van der Waals surface area contributed by atoms with Gasteiger partial charge in [0.1, 0.15) is 0 Å². The van der Waals surface area contributed by atoms with Crippen LogP contribution in [0, 0.1) is 0 Å². The molecular formula is C17H18ClN3O2. The number of halogens is 1. The van der Waals surface area contributed by atoms with Crippen LogP contribution < -0.4 is 5.32 Å². The number of amides is 1. The number of allylic oxidation sites excluding steroid dienone is 1. The molecule has 1 aliphatic rings. The average molecular weight is 332 g/mol. The van der Waals surface area contributed by atoms with Crippen LogP contribution in [0.1, 0.15) is 42.8 Å². The summed E-state index contributed by atoms with van der Waals surface area (Å²) in [4.78, 5) is 12.0. The highest BCUT2D eigenvalue weighted by atomic mass is 35.5. The smallest absolute Gasteiger partial charge is 0.308 e. The van der Waals surface area contributed by atoms with E-state index in [-0.39, 0.29) is 17.7 Å². The van der Waals surface area contributed by atoms with Crippen molar-refractivity contribution in [1.29, 1.82) is 0 Å². The highest BCUT2D eigenvalue weighted by Gasteiger charge is 2.16. The molecule has 1 aromatic carbocycles. The molecule has 3 rings (SSSR count). The summed E-state index contributed by atoms with van der Waals surface area (Å²) in [5.41, 5.74) is 2.11. The van der Waals surface area contributed by atoms with Crippen LogP contribution in [0.3, 0.4) is 0 Å². The number of carbonyl (C=O) groups excluding carboxylic acids is 1. The Morgan fingerprint density at radius 2 is 2.22 bits per heavy atom. The summed E-state index contributed by atoms with van der Waals surface area (Å²) in [5.74, 6) is -0.0903. The Balaban J connectivity index is 1.57. The maximum absolute atomic E-state index is 12.0. The van der Waals surface area contributed by atoms with Crippen molar-refractivity contribution < 1.29 is 9.21 Å². The summed E-state index contributed by atoms with van der Waals surface area (Å²) < 4.78 is 5.42. The van der Waals surface area contributed by atoms with Gasteiger partial charge in [0, 0.05) is 17.1 Å². The van der Waals surface area contributed by atoms with E-state index in [0.717, 1.165) is 19.3 Å². The molecule has 23 heavy (non-hydrogen) atoms. The van der Waals surface area contributed by atoms with E-state index in [0.29, 0.717) is 17.1 Å². The summed E-state index contributed by atoms with van der Waals surface area (Å²) >= 11 is 5.93. The first kappa shape index (κ1) is 15.7.